The first-order valence-electron chi connectivity index (χ1n) is 7.18. The van der Waals surface area contributed by atoms with E-state index in [0.717, 1.165) is 29.9 Å². The first-order valence-corrected chi connectivity index (χ1v) is 7.18. The molecule has 0 bridgehead atoms. The van der Waals surface area contributed by atoms with Gasteiger partial charge in [-0.25, -0.2) is 0 Å². The zero-order valence-electron chi connectivity index (χ0n) is 13.6. The number of allylic oxidation sites excluding steroid dienone is 1. The first kappa shape index (κ1) is 17.1. The van der Waals surface area contributed by atoms with Crippen LogP contribution in [-0.2, 0) is 0 Å². The molecule has 0 aliphatic heterocycles. The van der Waals surface area contributed by atoms with Gasteiger partial charge in [0.25, 0.3) is 0 Å². The van der Waals surface area contributed by atoms with Crippen LogP contribution < -0.4 is 5.73 Å². The number of hydrogen-bond donors (Lipinski definition) is 1. The molecule has 2 heteroatoms. The summed E-state index contributed by atoms with van der Waals surface area (Å²) in [6.07, 6.45) is 3.99. The van der Waals surface area contributed by atoms with E-state index in [1.165, 1.54) is 0 Å². The van der Waals surface area contributed by atoms with Gasteiger partial charge in [0.05, 0.1) is 0 Å². The molecule has 0 aliphatic rings. The summed E-state index contributed by atoms with van der Waals surface area (Å²) in [6, 6.07) is 7.84. The Labute approximate surface area is 129 Å². The molecular formula is C19H26N2. The molecule has 0 spiro atoms. The third-order valence-corrected chi connectivity index (χ3v) is 2.87. The molecule has 0 amide bonds. The second-order valence-corrected chi connectivity index (χ2v) is 6.31. The van der Waals surface area contributed by atoms with Gasteiger partial charge >= 0.3 is 0 Å². The van der Waals surface area contributed by atoms with Gasteiger partial charge in [-0.15, -0.1) is 0 Å². The molecule has 21 heavy (non-hydrogen) atoms. The van der Waals surface area contributed by atoms with Crippen LogP contribution in [0.1, 0.15) is 26.3 Å². The van der Waals surface area contributed by atoms with Crippen molar-refractivity contribution in [3.05, 3.63) is 48.6 Å². The number of hydrogen-bond acceptors (Lipinski definition) is 2. The maximum Gasteiger partial charge on any atom is 0.0390 e. The average molecular weight is 282 g/mol. The van der Waals surface area contributed by atoms with Gasteiger partial charge < -0.3 is 5.73 Å². The summed E-state index contributed by atoms with van der Waals surface area (Å²) in [5, 5.41) is 0. The van der Waals surface area contributed by atoms with Crippen molar-refractivity contribution in [1.82, 2.24) is 4.90 Å². The van der Waals surface area contributed by atoms with E-state index < -0.39 is 0 Å². The Bertz CT molecular complexity index is 565. The molecule has 0 heterocycles. The number of nitrogens with two attached hydrogens (primary N) is 1. The highest BCUT2D eigenvalue weighted by molar-refractivity contribution is 5.74. The Hall–Kier alpha value is -1.98. The number of benzene rings is 1. The van der Waals surface area contributed by atoms with Crippen molar-refractivity contribution >= 4 is 11.3 Å². The highest BCUT2D eigenvalue weighted by atomic mass is 15.1. The fourth-order valence-corrected chi connectivity index (χ4v) is 1.84. The van der Waals surface area contributed by atoms with Gasteiger partial charge in [0, 0.05) is 29.8 Å². The SMILES string of the molecule is C=C(CN(C)C/C=C/C#CC(C)(C)C)c1ccccc1N. The monoisotopic (exact) mass is 282 g/mol. The van der Waals surface area contributed by atoms with Crippen molar-refractivity contribution in [3.63, 3.8) is 0 Å². The van der Waals surface area contributed by atoms with E-state index in [1.807, 2.05) is 30.3 Å². The van der Waals surface area contributed by atoms with Crippen molar-refractivity contribution < 1.29 is 0 Å². The predicted octanol–water partition coefficient (Wildman–Crippen LogP) is 3.82. The molecule has 0 aliphatic carbocycles. The number of para-hydroxylation sites is 1. The molecule has 2 N–H and O–H groups in total. The predicted molar refractivity (Wildman–Crippen MR) is 93.8 cm³/mol. The number of nitrogen functional groups attached to an aromatic ring is 1. The average Bonchev–Trinajstić information content (AvgIpc) is 2.37. The van der Waals surface area contributed by atoms with E-state index in [9.17, 15) is 0 Å². The normalized spacial score (nSPS) is 11.5. The van der Waals surface area contributed by atoms with Gasteiger partial charge in [-0.2, -0.15) is 0 Å². The van der Waals surface area contributed by atoms with E-state index in [1.54, 1.807) is 0 Å². The summed E-state index contributed by atoms with van der Waals surface area (Å²) in [6.45, 7) is 12.1. The Kier molecular flexibility index (Phi) is 6.27. The second-order valence-electron chi connectivity index (χ2n) is 6.31. The molecule has 1 aromatic carbocycles. The van der Waals surface area contributed by atoms with Gasteiger partial charge in [-0.05, 0) is 45.5 Å². The van der Waals surface area contributed by atoms with E-state index >= 15 is 0 Å². The maximum absolute atomic E-state index is 5.97. The van der Waals surface area contributed by atoms with Gasteiger partial charge in [-0.3, -0.25) is 4.90 Å². The topological polar surface area (TPSA) is 29.3 Å². The van der Waals surface area contributed by atoms with Crippen LogP contribution in [0.4, 0.5) is 5.69 Å². The van der Waals surface area contributed by atoms with Gasteiger partial charge in [-0.1, -0.05) is 42.7 Å². The van der Waals surface area contributed by atoms with Crippen LogP contribution in [-0.4, -0.2) is 25.0 Å². The highest BCUT2D eigenvalue weighted by Crippen LogP contribution is 2.19. The molecule has 0 aromatic heterocycles. The van der Waals surface area contributed by atoms with Crippen LogP contribution in [0.25, 0.3) is 5.57 Å². The Morgan fingerprint density at radius 3 is 2.62 bits per heavy atom. The minimum absolute atomic E-state index is 0.0510. The third kappa shape index (κ3) is 6.83. The molecule has 0 saturated heterocycles. The fourth-order valence-electron chi connectivity index (χ4n) is 1.84. The van der Waals surface area contributed by atoms with Crippen molar-refractivity contribution in [1.29, 1.82) is 0 Å². The van der Waals surface area contributed by atoms with E-state index in [4.69, 9.17) is 5.73 Å². The molecule has 1 rings (SSSR count). The number of rotatable bonds is 5. The number of nitrogens with zero attached hydrogens (tertiary/aromatic N) is 1. The summed E-state index contributed by atoms with van der Waals surface area (Å²) in [7, 11) is 2.06. The van der Waals surface area contributed by atoms with E-state index in [-0.39, 0.29) is 5.41 Å². The minimum Gasteiger partial charge on any atom is -0.398 e. The molecular weight excluding hydrogens is 256 g/mol. The summed E-state index contributed by atoms with van der Waals surface area (Å²) in [4.78, 5) is 2.18. The lowest BCUT2D eigenvalue weighted by Gasteiger charge is -2.17. The molecule has 0 unspecified atom stereocenters. The summed E-state index contributed by atoms with van der Waals surface area (Å²) >= 11 is 0. The van der Waals surface area contributed by atoms with Gasteiger partial charge in [0.1, 0.15) is 0 Å². The summed E-state index contributed by atoms with van der Waals surface area (Å²) < 4.78 is 0. The van der Waals surface area contributed by atoms with E-state index in [2.05, 4.69) is 57.2 Å². The van der Waals surface area contributed by atoms with Crippen molar-refractivity contribution in [2.75, 3.05) is 25.9 Å². The van der Waals surface area contributed by atoms with Crippen LogP contribution in [0.15, 0.2) is 43.0 Å². The summed E-state index contributed by atoms with van der Waals surface area (Å²) in [5.74, 6) is 6.26. The third-order valence-electron chi connectivity index (χ3n) is 2.87. The molecule has 0 radical (unpaired) electrons. The Morgan fingerprint density at radius 2 is 2.00 bits per heavy atom. The standard InChI is InChI=1S/C19H26N2/c1-16(17-11-7-8-12-18(17)20)15-21(5)14-10-6-9-13-19(2,3)4/h6-8,10-12H,1,14-15,20H2,2-5H3/b10-6+. The lowest BCUT2D eigenvalue weighted by Crippen LogP contribution is -2.20. The Morgan fingerprint density at radius 1 is 1.33 bits per heavy atom. The van der Waals surface area contributed by atoms with Crippen molar-refractivity contribution in [3.8, 4) is 11.8 Å². The maximum atomic E-state index is 5.97. The van der Waals surface area contributed by atoms with Crippen LogP contribution in [0.2, 0.25) is 0 Å². The smallest absolute Gasteiger partial charge is 0.0390 e. The lowest BCUT2D eigenvalue weighted by atomic mass is 9.98. The van der Waals surface area contributed by atoms with Crippen LogP contribution >= 0.6 is 0 Å². The number of likely N-dealkylation sites (N-methyl/N-ethyl adjacent to an activating group) is 1. The fraction of sp³-hybridized carbons (Fsp3) is 0.368. The zero-order chi connectivity index (χ0) is 15.9. The van der Waals surface area contributed by atoms with Crippen LogP contribution in [0.3, 0.4) is 0 Å². The van der Waals surface area contributed by atoms with E-state index in [0.29, 0.717) is 0 Å². The summed E-state index contributed by atoms with van der Waals surface area (Å²) in [5.41, 5.74) is 8.86. The number of anilines is 1. The second kappa shape index (κ2) is 7.71. The largest absolute Gasteiger partial charge is 0.398 e. The molecule has 0 fully saturated rings. The Balaban J connectivity index is 2.49. The van der Waals surface area contributed by atoms with Crippen LogP contribution in [0.5, 0.6) is 0 Å². The molecule has 112 valence electrons. The van der Waals surface area contributed by atoms with Gasteiger partial charge in [0.15, 0.2) is 0 Å². The van der Waals surface area contributed by atoms with Crippen LogP contribution in [0, 0.1) is 17.3 Å². The molecule has 0 atom stereocenters. The van der Waals surface area contributed by atoms with Gasteiger partial charge in [0.2, 0.25) is 0 Å². The highest BCUT2D eigenvalue weighted by Gasteiger charge is 2.05. The quantitative estimate of drug-likeness (QED) is 0.657. The first-order chi connectivity index (χ1) is 9.79. The molecule has 2 nitrogen and oxygen atoms in total. The molecule has 0 saturated carbocycles. The minimum atomic E-state index is 0.0510. The lowest BCUT2D eigenvalue weighted by molar-refractivity contribution is 0.419. The zero-order valence-corrected chi connectivity index (χ0v) is 13.6. The van der Waals surface area contributed by atoms with Crippen molar-refractivity contribution in [2.45, 2.75) is 20.8 Å². The molecule has 1 aromatic rings. The van der Waals surface area contributed by atoms with Crippen molar-refractivity contribution in [2.24, 2.45) is 5.41 Å².